The van der Waals surface area contributed by atoms with Gasteiger partial charge in [-0.1, -0.05) is 11.6 Å². The molecule has 1 aliphatic rings. The second kappa shape index (κ2) is 8.21. The Morgan fingerprint density at radius 1 is 1.48 bits per heavy atom. The fourth-order valence-electron chi connectivity index (χ4n) is 2.40. The molecule has 1 aromatic rings. The number of piperidine rings is 1. The van der Waals surface area contributed by atoms with E-state index in [0.717, 1.165) is 12.8 Å². The van der Waals surface area contributed by atoms with Gasteiger partial charge in [0.25, 0.3) is 0 Å². The lowest BCUT2D eigenvalue weighted by molar-refractivity contribution is 0.0964. The third kappa shape index (κ3) is 5.14. The first-order valence-electron chi connectivity index (χ1n) is 7.54. The van der Waals surface area contributed by atoms with Crippen molar-refractivity contribution in [2.24, 2.45) is 0 Å². The first-order valence-corrected chi connectivity index (χ1v) is 8.32. The lowest BCUT2D eigenvalue weighted by Gasteiger charge is -2.32. The zero-order chi connectivity index (χ0) is 16.8. The van der Waals surface area contributed by atoms with Gasteiger partial charge in [-0.05, 0) is 50.2 Å². The van der Waals surface area contributed by atoms with Gasteiger partial charge in [0.1, 0.15) is 0 Å². The van der Waals surface area contributed by atoms with Crippen molar-refractivity contribution in [2.75, 3.05) is 30.7 Å². The zero-order valence-electron chi connectivity index (χ0n) is 13.0. The minimum Gasteiger partial charge on any atom is -0.450 e. The second-order valence-electron chi connectivity index (χ2n) is 5.29. The first kappa shape index (κ1) is 17.6. The molecule has 0 spiro atoms. The van der Waals surface area contributed by atoms with Crippen LogP contribution in [0.5, 0.6) is 0 Å². The highest BCUT2D eigenvalue weighted by atomic mass is 35.5. The Morgan fingerprint density at radius 2 is 2.17 bits per heavy atom. The summed E-state index contributed by atoms with van der Waals surface area (Å²) in [7, 11) is 0. The van der Waals surface area contributed by atoms with Crippen LogP contribution in [0.2, 0.25) is 5.02 Å². The normalized spacial score (nSPS) is 15.1. The summed E-state index contributed by atoms with van der Waals surface area (Å²) in [6.45, 7) is 3.50. The monoisotopic (exact) mass is 356 g/mol. The van der Waals surface area contributed by atoms with E-state index in [4.69, 9.17) is 34.3 Å². The Hall–Kier alpha value is -1.73. The van der Waals surface area contributed by atoms with Gasteiger partial charge in [0.05, 0.1) is 18.0 Å². The van der Waals surface area contributed by atoms with Crippen LogP contribution in [0.1, 0.15) is 19.8 Å². The summed E-state index contributed by atoms with van der Waals surface area (Å²) in [5, 5.41) is 7.39. The maximum absolute atomic E-state index is 11.7. The van der Waals surface area contributed by atoms with Gasteiger partial charge in [-0.2, -0.15) is 0 Å². The first-order chi connectivity index (χ1) is 11.0. The van der Waals surface area contributed by atoms with E-state index in [1.54, 1.807) is 30.0 Å². The molecule has 1 amide bonds. The highest BCUT2D eigenvalue weighted by Gasteiger charge is 2.23. The van der Waals surface area contributed by atoms with E-state index in [1.165, 1.54) is 0 Å². The number of rotatable bonds is 3. The number of amides is 1. The molecule has 1 saturated heterocycles. The highest BCUT2D eigenvalue weighted by Crippen LogP contribution is 2.23. The number of likely N-dealkylation sites (tertiary alicyclic amines) is 1. The molecule has 0 radical (unpaired) electrons. The van der Waals surface area contributed by atoms with Crippen molar-refractivity contribution in [3.8, 4) is 0 Å². The van der Waals surface area contributed by atoms with E-state index < -0.39 is 0 Å². The van der Waals surface area contributed by atoms with Gasteiger partial charge in [-0.15, -0.1) is 0 Å². The number of ether oxygens (including phenoxy) is 1. The van der Waals surface area contributed by atoms with Gasteiger partial charge in [0.2, 0.25) is 0 Å². The number of carbonyl (C=O) groups is 1. The number of hydrogen-bond donors (Lipinski definition) is 3. The fourth-order valence-corrected chi connectivity index (χ4v) is 2.85. The molecule has 0 saturated carbocycles. The Labute approximate surface area is 146 Å². The predicted octanol–water partition coefficient (Wildman–Crippen LogP) is 2.83. The molecule has 0 bridgehead atoms. The third-order valence-corrected chi connectivity index (χ3v) is 4.07. The molecule has 0 atom stereocenters. The zero-order valence-corrected chi connectivity index (χ0v) is 14.5. The summed E-state index contributed by atoms with van der Waals surface area (Å²) in [6, 6.07) is 5.39. The molecule has 0 unspecified atom stereocenters. The van der Waals surface area contributed by atoms with Gasteiger partial charge < -0.3 is 26.0 Å². The lowest BCUT2D eigenvalue weighted by atomic mass is 10.1. The van der Waals surface area contributed by atoms with E-state index >= 15 is 0 Å². The molecule has 0 aromatic heterocycles. The standard InChI is InChI=1S/C15H21ClN4O2S/c1-2-22-15(21)20-7-5-11(6-8-20)18-14(23)19-13-9-10(16)3-4-12(13)17/h3-4,9,11H,2,5-8,17H2,1H3,(H2,18,19,23). The van der Waals surface area contributed by atoms with Crippen molar-refractivity contribution >= 4 is 46.4 Å². The van der Waals surface area contributed by atoms with Crippen molar-refractivity contribution in [1.29, 1.82) is 0 Å². The molecule has 1 fully saturated rings. The molecule has 2 rings (SSSR count). The molecular weight excluding hydrogens is 336 g/mol. The quantitative estimate of drug-likeness (QED) is 0.571. The number of nitrogens with two attached hydrogens (primary N) is 1. The highest BCUT2D eigenvalue weighted by molar-refractivity contribution is 7.80. The van der Waals surface area contributed by atoms with E-state index in [2.05, 4.69) is 10.6 Å². The Kier molecular flexibility index (Phi) is 6.29. The topological polar surface area (TPSA) is 79.6 Å². The van der Waals surface area contributed by atoms with Gasteiger partial charge in [0, 0.05) is 24.2 Å². The number of benzene rings is 1. The lowest BCUT2D eigenvalue weighted by Crippen LogP contribution is -2.47. The van der Waals surface area contributed by atoms with Crippen molar-refractivity contribution in [2.45, 2.75) is 25.8 Å². The van der Waals surface area contributed by atoms with Crippen LogP contribution in [0.4, 0.5) is 16.2 Å². The summed E-state index contributed by atoms with van der Waals surface area (Å²) in [5.74, 6) is 0. The number of hydrogen-bond acceptors (Lipinski definition) is 4. The summed E-state index contributed by atoms with van der Waals surface area (Å²) in [6.07, 6.45) is 1.37. The predicted molar refractivity (Wildman–Crippen MR) is 96.8 cm³/mol. The van der Waals surface area contributed by atoms with E-state index in [-0.39, 0.29) is 12.1 Å². The average Bonchev–Trinajstić information content (AvgIpc) is 2.52. The summed E-state index contributed by atoms with van der Waals surface area (Å²) in [5.41, 5.74) is 7.14. The largest absolute Gasteiger partial charge is 0.450 e. The van der Waals surface area contributed by atoms with E-state index in [0.29, 0.717) is 41.2 Å². The Morgan fingerprint density at radius 3 is 2.83 bits per heavy atom. The van der Waals surface area contributed by atoms with E-state index in [1.807, 2.05) is 0 Å². The number of halogens is 1. The average molecular weight is 357 g/mol. The van der Waals surface area contributed by atoms with E-state index in [9.17, 15) is 4.79 Å². The second-order valence-corrected chi connectivity index (χ2v) is 6.13. The molecule has 4 N–H and O–H groups in total. The van der Waals surface area contributed by atoms with Crippen LogP contribution < -0.4 is 16.4 Å². The maximum atomic E-state index is 11.7. The van der Waals surface area contributed by atoms with Crippen LogP contribution in [0.15, 0.2) is 18.2 Å². The number of anilines is 2. The van der Waals surface area contributed by atoms with Crippen LogP contribution in [-0.2, 0) is 4.74 Å². The number of carbonyl (C=O) groups excluding carboxylic acids is 1. The van der Waals surface area contributed by atoms with Crippen molar-refractivity contribution in [1.82, 2.24) is 10.2 Å². The Balaban J connectivity index is 1.81. The van der Waals surface area contributed by atoms with Crippen LogP contribution >= 0.6 is 23.8 Å². The molecule has 1 heterocycles. The summed E-state index contributed by atoms with van der Waals surface area (Å²) in [4.78, 5) is 13.4. The smallest absolute Gasteiger partial charge is 0.409 e. The molecule has 6 nitrogen and oxygen atoms in total. The minimum atomic E-state index is -0.252. The van der Waals surface area contributed by atoms with Crippen LogP contribution in [-0.4, -0.2) is 41.8 Å². The van der Waals surface area contributed by atoms with Gasteiger partial charge in [0.15, 0.2) is 5.11 Å². The molecule has 8 heteroatoms. The van der Waals surface area contributed by atoms with Crippen LogP contribution in [0.25, 0.3) is 0 Å². The Bertz CT molecular complexity index is 577. The number of thiocarbonyl (C=S) groups is 1. The minimum absolute atomic E-state index is 0.209. The molecule has 0 aliphatic carbocycles. The number of nitrogens with one attached hydrogen (secondary N) is 2. The van der Waals surface area contributed by atoms with Crippen molar-refractivity contribution < 1.29 is 9.53 Å². The molecule has 1 aliphatic heterocycles. The molecule has 1 aromatic carbocycles. The fraction of sp³-hybridized carbons (Fsp3) is 0.467. The SMILES string of the molecule is CCOC(=O)N1CCC(NC(=S)Nc2cc(Cl)ccc2N)CC1. The van der Waals surface area contributed by atoms with Crippen LogP contribution in [0, 0.1) is 0 Å². The molecule has 126 valence electrons. The van der Waals surface area contributed by atoms with Gasteiger partial charge in [-0.3, -0.25) is 0 Å². The molecular formula is C15H21ClN4O2S. The maximum Gasteiger partial charge on any atom is 0.409 e. The summed E-state index contributed by atoms with van der Waals surface area (Å²) < 4.78 is 5.00. The van der Waals surface area contributed by atoms with Crippen molar-refractivity contribution in [3.63, 3.8) is 0 Å². The van der Waals surface area contributed by atoms with Gasteiger partial charge in [-0.25, -0.2) is 4.79 Å². The summed E-state index contributed by atoms with van der Waals surface area (Å²) >= 11 is 11.3. The third-order valence-electron chi connectivity index (χ3n) is 3.62. The molecule has 23 heavy (non-hydrogen) atoms. The van der Waals surface area contributed by atoms with Crippen molar-refractivity contribution in [3.05, 3.63) is 23.2 Å². The number of nitrogen functional groups attached to an aromatic ring is 1. The van der Waals surface area contributed by atoms with Gasteiger partial charge >= 0.3 is 6.09 Å². The van der Waals surface area contributed by atoms with Crippen LogP contribution in [0.3, 0.4) is 0 Å². The number of nitrogens with zero attached hydrogens (tertiary/aromatic N) is 1.